The van der Waals surface area contributed by atoms with E-state index in [2.05, 4.69) is 24.5 Å². The second-order valence-electron chi connectivity index (χ2n) is 1.90. The first-order valence-electron chi connectivity index (χ1n) is 3.34. The molecule has 0 radical (unpaired) electrons. The lowest BCUT2D eigenvalue weighted by atomic mass is 10.3. The smallest absolute Gasteiger partial charge is 0.00397 e. The molecule has 0 aliphatic rings. The molecule has 0 aliphatic heterocycles. The summed E-state index contributed by atoms with van der Waals surface area (Å²) in [7, 11) is 0. The van der Waals surface area contributed by atoms with Crippen LogP contribution < -0.4 is 5.32 Å². The molecule has 0 bridgehead atoms. The molecule has 0 rings (SSSR count). The molecule has 0 amide bonds. The van der Waals surface area contributed by atoms with Gasteiger partial charge in [-0.1, -0.05) is 6.08 Å². The largest absolute Gasteiger partial charge is 0.316 e. The van der Waals surface area contributed by atoms with Crippen LogP contribution in [0.25, 0.3) is 0 Å². The Kier molecular flexibility index (Phi) is 8.09. The maximum absolute atomic E-state index is 4.06. The van der Waals surface area contributed by atoms with E-state index in [-0.39, 0.29) is 0 Å². The highest BCUT2D eigenvalue weighted by molar-refractivity contribution is 7.80. The highest BCUT2D eigenvalue weighted by Crippen LogP contribution is 1.85. The lowest BCUT2D eigenvalue weighted by molar-refractivity contribution is 0.684. The fourth-order valence-corrected chi connectivity index (χ4v) is 0.734. The minimum absolute atomic E-state index is 0.925. The van der Waals surface area contributed by atoms with Gasteiger partial charge in [0.2, 0.25) is 0 Å². The van der Waals surface area contributed by atoms with Gasteiger partial charge in [-0.15, -0.1) is 6.58 Å². The van der Waals surface area contributed by atoms with Crippen molar-refractivity contribution < 1.29 is 0 Å². The van der Waals surface area contributed by atoms with Crippen LogP contribution in [0.5, 0.6) is 0 Å². The van der Waals surface area contributed by atoms with Crippen molar-refractivity contribution in [3.63, 3.8) is 0 Å². The standard InChI is InChI=1S/C7H15NS/c1-2-3-4-5-8-6-7-9/h2,8-9H,1,3-7H2. The maximum atomic E-state index is 4.06. The van der Waals surface area contributed by atoms with Gasteiger partial charge in [0.25, 0.3) is 0 Å². The molecule has 0 fully saturated rings. The molecule has 0 spiro atoms. The summed E-state index contributed by atoms with van der Waals surface area (Å²) < 4.78 is 0. The predicted molar refractivity (Wildman–Crippen MR) is 46.2 cm³/mol. The van der Waals surface area contributed by atoms with E-state index < -0.39 is 0 Å². The quantitative estimate of drug-likeness (QED) is 0.328. The van der Waals surface area contributed by atoms with Gasteiger partial charge in [-0.25, -0.2) is 0 Å². The van der Waals surface area contributed by atoms with Crippen molar-refractivity contribution in [2.75, 3.05) is 18.8 Å². The van der Waals surface area contributed by atoms with Crippen molar-refractivity contribution in [1.29, 1.82) is 0 Å². The summed E-state index contributed by atoms with van der Waals surface area (Å²) in [5, 5.41) is 3.25. The van der Waals surface area contributed by atoms with Gasteiger partial charge in [0.15, 0.2) is 0 Å². The number of thiol groups is 1. The summed E-state index contributed by atoms with van der Waals surface area (Å²) in [6.07, 6.45) is 4.25. The van der Waals surface area contributed by atoms with Gasteiger partial charge < -0.3 is 5.32 Å². The Morgan fingerprint density at radius 3 is 2.78 bits per heavy atom. The van der Waals surface area contributed by atoms with Gasteiger partial charge in [0.05, 0.1) is 0 Å². The second-order valence-corrected chi connectivity index (χ2v) is 2.35. The summed E-state index contributed by atoms with van der Waals surface area (Å²) in [5.41, 5.74) is 0. The van der Waals surface area contributed by atoms with Crippen LogP contribution in [-0.4, -0.2) is 18.8 Å². The molecule has 0 atom stereocenters. The van der Waals surface area contributed by atoms with E-state index in [1.807, 2.05) is 6.08 Å². The van der Waals surface area contributed by atoms with Gasteiger partial charge in [-0.2, -0.15) is 12.6 Å². The summed E-state index contributed by atoms with van der Waals surface area (Å²) in [6, 6.07) is 0. The van der Waals surface area contributed by atoms with E-state index in [9.17, 15) is 0 Å². The van der Waals surface area contributed by atoms with Crippen LogP contribution in [0.2, 0.25) is 0 Å². The molecule has 2 heteroatoms. The van der Waals surface area contributed by atoms with Gasteiger partial charge in [0.1, 0.15) is 0 Å². The first-order valence-corrected chi connectivity index (χ1v) is 3.97. The Morgan fingerprint density at radius 2 is 2.22 bits per heavy atom. The van der Waals surface area contributed by atoms with E-state index in [1.165, 1.54) is 6.42 Å². The minimum atomic E-state index is 0.925. The number of allylic oxidation sites excluding steroid dienone is 1. The summed E-state index contributed by atoms with van der Waals surface area (Å²) >= 11 is 4.06. The number of hydrogen-bond acceptors (Lipinski definition) is 2. The lowest BCUT2D eigenvalue weighted by Gasteiger charge is -1.98. The Labute approximate surface area is 62.9 Å². The molecule has 1 nitrogen and oxygen atoms in total. The van der Waals surface area contributed by atoms with E-state index in [0.717, 1.165) is 25.3 Å². The molecule has 9 heavy (non-hydrogen) atoms. The Bertz CT molecular complexity index is 63.9. The first kappa shape index (κ1) is 9.05. The maximum Gasteiger partial charge on any atom is 0.00397 e. The summed E-state index contributed by atoms with van der Waals surface area (Å²) in [6.45, 7) is 5.74. The van der Waals surface area contributed by atoms with E-state index in [0.29, 0.717) is 0 Å². The molecule has 0 aromatic heterocycles. The highest BCUT2D eigenvalue weighted by Gasteiger charge is 1.82. The van der Waals surface area contributed by atoms with Crippen molar-refractivity contribution in [3.05, 3.63) is 12.7 Å². The van der Waals surface area contributed by atoms with Crippen LogP contribution in [0.4, 0.5) is 0 Å². The molecule has 0 aliphatic carbocycles. The van der Waals surface area contributed by atoms with Gasteiger partial charge in [0, 0.05) is 12.3 Å². The van der Waals surface area contributed by atoms with Crippen LogP contribution in [0.1, 0.15) is 12.8 Å². The number of rotatable bonds is 6. The van der Waals surface area contributed by atoms with Crippen molar-refractivity contribution in [2.45, 2.75) is 12.8 Å². The molecular formula is C7H15NS. The average Bonchev–Trinajstić information content (AvgIpc) is 1.89. The first-order chi connectivity index (χ1) is 4.41. The lowest BCUT2D eigenvalue weighted by Crippen LogP contribution is -2.17. The molecule has 1 N–H and O–H groups in total. The van der Waals surface area contributed by atoms with E-state index in [1.54, 1.807) is 0 Å². The van der Waals surface area contributed by atoms with Crippen LogP contribution in [-0.2, 0) is 0 Å². The zero-order valence-electron chi connectivity index (χ0n) is 5.77. The van der Waals surface area contributed by atoms with Gasteiger partial charge in [-0.05, 0) is 19.4 Å². The number of unbranched alkanes of at least 4 members (excludes halogenated alkanes) is 1. The molecule has 0 aromatic rings. The Hall–Kier alpha value is 0.0500. The third-order valence-corrected chi connectivity index (χ3v) is 1.27. The average molecular weight is 145 g/mol. The Morgan fingerprint density at radius 1 is 1.44 bits per heavy atom. The zero-order valence-corrected chi connectivity index (χ0v) is 6.66. The van der Waals surface area contributed by atoms with Crippen LogP contribution in [0.3, 0.4) is 0 Å². The molecule has 0 saturated carbocycles. The van der Waals surface area contributed by atoms with Gasteiger partial charge in [-0.3, -0.25) is 0 Å². The van der Waals surface area contributed by atoms with E-state index >= 15 is 0 Å². The molecule has 54 valence electrons. The topological polar surface area (TPSA) is 12.0 Å². The molecule has 0 unspecified atom stereocenters. The number of hydrogen-bond donors (Lipinski definition) is 2. The number of nitrogens with one attached hydrogen (secondary N) is 1. The Balaban J connectivity index is 2.66. The predicted octanol–water partition coefficient (Wildman–Crippen LogP) is 1.47. The zero-order chi connectivity index (χ0) is 6.95. The van der Waals surface area contributed by atoms with Crippen molar-refractivity contribution >= 4 is 12.6 Å². The van der Waals surface area contributed by atoms with Crippen LogP contribution in [0, 0.1) is 0 Å². The fourth-order valence-electron chi connectivity index (χ4n) is 0.575. The molecule has 0 heterocycles. The highest BCUT2D eigenvalue weighted by atomic mass is 32.1. The van der Waals surface area contributed by atoms with Gasteiger partial charge >= 0.3 is 0 Å². The SMILES string of the molecule is C=CCCCNCCS. The third kappa shape index (κ3) is 8.05. The molecular weight excluding hydrogens is 130 g/mol. The van der Waals surface area contributed by atoms with Crippen molar-refractivity contribution in [3.8, 4) is 0 Å². The minimum Gasteiger partial charge on any atom is -0.316 e. The fraction of sp³-hybridized carbons (Fsp3) is 0.714. The second kappa shape index (κ2) is 8.05. The molecule has 0 aromatic carbocycles. The van der Waals surface area contributed by atoms with Crippen molar-refractivity contribution in [1.82, 2.24) is 5.32 Å². The van der Waals surface area contributed by atoms with Crippen molar-refractivity contribution in [2.24, 2.45) is 0 Å². The normalized spacial score (nSPS) is 9.44. The summed E-state index contributed by atoms with van der Waals surface area (Å²) in [4.78, 5) is 0. The summed E-state index contributed by atoms with van der Waals surface area (Å²) in [5.74, 6) is 0.925. The van der Waals surface area contributed by atoms with E-state index in [4.69, 9.17) is 0 Å². The van der Waals surface area contributed by atoms with Crippen LogP contribution in [0.15, 0.2) is 12.7 Å². The monoisotopic (exact) mass is 145 g/mol. The molecule has 0 saturated heterocycles. The van der Waals surface area contributed by atoms with Crippen LogP contribution >= 0.6 is 12.6 Å². The third-order valence-electron chi connectivity index (χ3n) is 1.05.